The summed E-state index contributed by atoms with van der Waals surface area (Å²) in [5, 5.41) is 0. The van der Waals surface area contributed by atoms with Crippen molar-refractivity contribution in [3.63, 3.8) is 0 Å². The first-order chi connectivity index (χ1) is 15.1. The molecule has 0 N–H and O–H groups in total. The molecule has 1 heterocycles. The second-order valence-corrected chi connectivity index (χ2v) is 10.3. The van der Waals surface area contributed by atoms with E-state index in [1.165, 1.54) is 34.3 Å². The van der Waals surface area contributed by atoms with Crippen LogP contribution in [0.1, 0.15) is 113 Å². The van der Waals surface area contributed by atoms with Crippen LogP contribution in [0.25, 0.3) is 0 Å². The van der Waals surface area contributed by atoms with Crippen molar-refractivity contribution in [2.24, 2.45) is 0 Å². The van der Waals surface area contributed by atoms with E-state index in [-0.39, 0.29) is 5.60 Å². The average molecular weight is 437 g/mol. The van der Waals surface area contributed by atoms with Crippen LogP contribution in [0.5, 0.6) is 0 Å². The summed E-state index contributed by atoms with van der Waals surface area (Å²) < 4.78 is 5.68. The van der Waals surface area contributed by atoms with Crippen LogP contribution in [0, 0.1) is 12.3 Å². The second kappa shape index (κ2) is 15.1. The van der Waals surface area contributed by atoms with Crippen molar-refractivity contribution in [1.82, 2.24) is 0 Å². The van der Waals surface area contributed by atoms with Crippen LogP contribution in [0.3, 0.4) is 0 Å². The minimum atomic E-state index is 0.124. The Balaban J connectivity index is 2.25. The minimum absolute atomic E-state index is 0.124. The van der Waals surface area contributed by atoms with Gasteiger partial charge in [0.1, 0.15) is 0 Å². The number of unbranched alkanes of at least 4 members (excludes halogenated alkanes) is 1. The molecule has 178 valence electrons. The Hall–Kier alpha value is -1.78. The number of ether oxygens (including phenoxy) is 1. The van der Waals surface area contributed by atoms with Gasteiger partial charge in [0.25, 0.3) is 0 Å². The lowest BCUT2D eigenvalue weighted by molar-refractivity contribution is 0.320. The van der Waals surface area contributed by atoms with E-state index in [0.29, 0.717) is 6.10 Å². The lowest BCUT2D eigenvalue weighted by Crippen LogP contribution is -2.02. The topological polar surface area (TPSA) is 12.5 Å². The molecule has 1 saturated heterocycles. The first-order valence-corrected chi connectivity index (χ1v) is 12.5. The van der Waals surface area contributed by atoms with Gasteiger partial charge in [0, 0.05) is 6.42 Å². The standard InChI is InChI=1S/C31H48O/c1-9-14-29(23-21-25(2)3)20-13-19-27(5)16-11-10-15-26(4)17-12-18-28(6)22-24-30-31(7,8)32-30/h1,15-16,18,20-21,30H,10-14,17,19,22-24H2,2-8H3/b26-15+,27-16+,28-18+,29-20-. The van der Waals surface area contributed by atoms with E-state index in [0.717, 1.165) is 57.8 Å². The molecule has 1 heteroatoms. The van der Waals surface area contributed by atoms with Crippen molar-refractivity contribution >= 4 is 0 Å². The molecule has 1 fully saturated rings. The van der Waals surface area contributed by atoms with Crippen LogP contribution in [-0.4, -0.2) is 11.7 Å². The highest BCUT2D eigenvalue weighted by Crippen LogP contribution is 2.38. The lowest BCUT2D eigenvalue weighted by Gasteiger charge is -2.03. The molecular weight excluding hydrogens is 388 g/mol. The monoisotopic (exact) mass is 436 g/mol. The minimum Gasteiger partial charge on any atom is -0.367 e. The fraction of sp³-hybridized carbons (Fsp3) is 0.613. The third-order valence-corrected chi connectivity index (χ3v) is 6.22. The summed E-state index contributed by atoms with van der Waals surface area (Å²) in [5.41, 5.74) is 7.34. The molecule has 0 aromatic heterocycles. The van der Waals surface area contributed by atoms with Crippen molar-refractivity contribution in [2.45, 2.75) is 124 Å². The Kier molecular flexibility index (Phi) is 13.4. The Labute approximate surface area is 199 Å². The van der Waals surface area contributed by atoms with Crippen molar-refractivity contribution < 1.29 is 4.74 Å². The van der Waals surface area contributed by atoms with Crippen LogP contribution >= 0.6 is 0 Å². The fourth-order valence-corrected chi connectivity index (χ4v) is 3.81. The molecule has 0 aromatic rings. The highest BCUT2D eigenvalue weighted by Gasteiger charge is 2.46. The molecule has 1 aliphatic rings. The SMILES string of the molecule is C#CC/C(=C/CC/C(C)=C/CC/C=C(\C)CC/C=C(\C)CCC1OC1(C)C)CC=C(C)C. The number of allylic oxidation sites excluding steroid dienone is 10. The Morgan fingerprint density at radius 1 is 0.781 bits per heavy atom. The van der Waals surface area contributed by atoms with E-state index >= 15 is 0 Å². The maximum absolute atomic E-state index is 5.68. The molecule has 0 saturated carbocycles. The van der Waals surface area contributed by atoms with E-state index in [4.69, 9.17) is 11.2 Å². The summed E-state index contributed by atoms with van der Waals surface area (Å²) in [4.78, 5) is 0. The van der Waals surface area contributed by atoms with Gasteiger partial charge in [-0.3, -0.25) is 0 Å². The predicted octanol–water partition coefficient (Wildman–Crippen LogP) is 9.43. The summed E-state index contributed by atoms with van der Waals surface area (Å²) >= 11 is 0. The number of epoxide rings is 1. The molecule has 0 spiro atoms. The van der Waals surface area contributed by atoms with E-state index in [2.05, 4.69) is 84.8 Å². The maximum Gasteiger partial charge on any atom is 0.0892 e. The molecular formula is C31H48O. The van der Waals surface area contributed by atoms with Crippen LogP contribution in [0.4, 0.5) is 0 Å². The summed E-state index contributed by atoms with van der Waals surface area (Å²) in [7, 11) is 0. The molecule has 0 amide bonds. The largest absolute Gasteiger partial charge is 0.367 e. The van der Waals surface area contributed by atoms with Crippen molar-refractivity contribution in [1.29, 1.82) is 0 Å². The van der Waals surface area contributed by atoms with Crippen molar-refractivity contribution in [2.75, 3.05) is 0 Å². The van der Waals surface area contributed by atoms with E-state index in [9.17, 15) is 0 Å². The van der Waals surface area contributed by atoms with Gasteiger partial charge in [0.2, 0.25) is 0 Å². The summed E-state index contributed by atoms with van der Waals surface area (Å²) in [6.45, 7) is 15.4. The summed E-state index contributed by atoms with van der Waals surface area (Å²) in [5.74, 6) is 2.79. The zero-order chi connectivity index (χ0) is 24.0. The van der Waals surface area contributed by atoms with Gasteiger partial charge in [-0.05, 0) is 106 Å². The number of hydrogen-bond acceptors (Lipinski definition) is 1. The van der Waals surface area contributed by atoms with Gasteiger partial charge in [-0.15, -0.1) is 12.3 Å². The third kappa shape index (κ3) is 13.6. The van der Waals surface area contributed by atoms with Crippen molar-refractivity contribution in [3.8, 4) is 12.3 Å². The fourth-order valence-electron chi connectivity index (χ4n) is 3.81. The molecule has 1 rings (SSSR count). The van der Waals surface area contributed by atoms with E-state index < -0.39 is 0 Å². The highest BCUT2D eigenvalue weighted by molar-refractivity contribution is 5.16. The molecule has 1 atom stereocenters. The molecule has 1 aliphatic heterocycles. The van der Waals surface area contributed by atoms with E-state index in [1.54, 1.807) is 0 Å². The molecule has 0 aliphatic carbocycles. The second-order valence-electron chi connectivity index (χ2n) is 10.3. The van der Waals surface area contributed by atoms with Crippen molar-refractivity contribution in [3.05, 3.63) is 58.2 Å². The van der Waals surface area contributed by atoms with Gasteiger partial charge in [0.05, 0.1) is 11.7 Å². The van der Waals surface area contributed by atoms with Gasteiger partial charge >= 0.3 is 0 Å². The quantitative estimate of drug-likeness (QED) is 0.108. The zero-order valence-electron chi connectivity index (χ0n) is 22.0. The smallest absolute Gasteiger partial charge is 0.0892 e. The normalized spacial score (nSPS) is 19.0. The van der Waals surface area contributed by atoms with Gasteiger partial charge < -0.3 is 4.74 Å². The lowest BCUT2D eigenvalue weighted by atomic mass is 10.0. The van der Waals surface area contributed by atoms with Crippen LogP contribution in [0.15, 0.2) is 58.2 Å². The van der Waals surface area contributed by atoms with Gasteiger partial charge in [-0.2, -0.15) is 0 Å². The molecule has 1 unspecified atom stereocenters. The molecule has 0 aromatic carbocycles. The summed E-state index contributed by atoms with van der Waals surface area (Å²) in [6.07, 6.45) is 28.7. The first kappa shape index (κ1) is 28.3. The van der Waals surface area contributed by atoms with Gasteiger partial charge in [-0.25, -0.2) is 0 Å². The molecule has 1 nitrogen and oxygen atoms in total. The predicted molar refractivity (Wildman–Crippen MR) is 143 cm³/mol. The first-order valence-electron chi connectivity index (χ1n) is 12.5. The van der Waals surface area contributed by atoms with Gasteiger partial charge in [-0.1, -0.05) is 58.2 Å². The summed E-state index contributed by atoms with van der Waals surface area (Å²) in [6, 6.07) is 0. The Bertz CT molecular complexity index is 757. The number of terminal acetylenes is 1. The molecule has 0 radical (unpaired) electrons. The van der Waals surface area contributed by atoms with Crippen LogP contribution in [-0.2, 0) is 4.74 Å². The van der Waals surface area contributed by atoms with E-state index in [1.807, 2.05) is 0 Å². The van der Waals surface area contributed by atoms with Crippen LogP contribution in [0.2, 0.25) is 0 Å². The Morgan fingerprint density at radius 2 is 1.28 bits per heavy atom. The average Bonchev–Trinajstić information content (AvgIpc) is 3.34. The number of hydrogen-bond donors (Lipinski definition) is 0. The molecule has 0 bridgehead atoms. The van der Waals surface area contributed by atoms with Gasteiger partial charge in [0.15, 0.2) is 0 Å². The number of rotatable bonds is 15. The molecule has 32 heavy (non-hydrogen) atoms. The maximum atomic E-state index is 5.68. The third-order valence-electron chi connectivity index (χ3n) is 6.22. The van der Waals surface area contributed by atoms with Crippen LogP contribution < -0.4 is 0 Å². The highest BCUT2D eigenvalue weighted by atomic mass is 16.6. The Morgan fingerprint density at radius 3 is 1.78 bits per heavy atom. The zero-order valence-corrected chi connectivity index (χ0v) is 22.0.